The van der Waals surface area contributed by atoms with Crippen molar-refractivity contribution < 1.29 is 9.23 Å². The third kappa shape index (κ3) is 2.26. The van der Waals surface area contributed by atoms with Crippen LogP contribution in [0.2, 0.25) is 0 Å². The molecule has 0 aliphatic carbocycles. The van der Waals surface area contributed by atoms with Crippen molar-refractivity contribution in [3.8, 4) is 0 Å². The number of halogens is 1. The van der Waals surface area contributed by atoms with Gasteiger partial charge in [-0.15, -0.1) is 0 Å². The fraction of sp³-hybridized carbons (Fsp3) is 0.400. The summed E-state index contributed by atoms with van der Waals surface area (Å²) in [5, 5.41) is 0. The smallest absolute Gasteiger partial charge is 0.129 e. The number of hydrogen-bond acceptors (Lipinski definition) is 2. The second-order valence-corrected chi connectivity index (χ2v) is 3.21. The average molecular weight is 183 g/mol. The highest BCUT2D eigenvalue weighted by atomic mass is 19.1. The highest BCUT2D eigenvalue weighted by Crippen LogP contribution is 2.20. The van der Waals surface area contributed by atoms with Crippen molar-refractivity contribution in [2.24, 2.45) is 5.90 Å². The topological polar surface area (TPSA) is 35.2 Å². The Hall–Kier alpha value is -0.930. The Morgan fingerprint density at radius 1 is 1.54 bits per heavy atom. The summed E-state index contributed by atoms with van der Waals surface area (Å²) in [5.74, 6) is 4.76. The first-order valence-electron chi connectivity index (χ1n) is 4.23. The Morgan fingerprint density at radius 3 is 2.85 bits per heavy atom. The van der Waals surface area contributed by atoms with Gasteiger partial charge in [-0.05, 0) is 18.1 Å². The molecule has 72 valence electrons. The van der Waals surface area contributed by atoms with E-state index in [9.17, 15) is 4.39 Å². The van der Waals surface area contributed by atoms with Gasteiger partial charge in [0.15, 0.2) is 0 Å². The van der Waals surface area contributed by atoms with Crippen LogP contribution in [0.15, 0.2) is 18.2 Å². The van der Waals surface area contributed by atoms with Gasteiger partial charge in [-0.2, -0.15) is 0 Å². The van der Waals surface area contributed by atoms with Gasteiger partial charge in [0.1, 0.15) is 5.82 Å². The van der Waals surface area contributed by atoms with E-state index in [0.717, 1.165) is 0 Å². The molecule has 1 atom stereocenters. The summed E-state index contributed by atoms with van der Waals surface area (Å²) in [5.41, 5.74) is 1.31. The van der Waals surface area contributed by atoms with Crippen LogP contribution in [0.25, 0.3) is 0 Å². The summed E-state index contributed by atoms with van der Waals surface area (Å²) in [6, 6.07) is 5.33. The highest BCUT2D eigenvalue weighted by Gasteiger charge is 2.11. The first kappa shape index (κ1) is 10.2. The molecule has 0 saturated carbocycles. The molecule has 3 heteroatoms. The van der Waals surface area contributed by atoms with Crippen LogP contribution in [0.3, 0.4) is 0 Å². The van der Waals surface area contributed by atoms with E-state index in [4.69, 9.17) is 5.90 Å². The number of hydrogen-bond donors (Lipinski definition) is 1. The number of nitrogens with two attached hydrogens (primary N) is 1. The summed E-state index contributed by atoms with van der Waals surface area (Å²) in [6.07, 6.45) is 0. The van der Waals surface area contributed by atoms with Crippen molar-refractivity contribution in [3.05, 3.63) is 35.1 Å². The van der Waals surface area contributed by atoms with Gasteiger partial charge in [0.25, 0.3) is 0 Å². The number of rotatable bonds is 3. The van der Waals surface area contributed by atoms with E-state index < -0.39 is 0 Å². The van der Waals surface area contributed by atoms with Gasteiger partial charge in [0, 0.05) is 5.92 Å². The van der Waals surface area contributed by atoms with Crippen LogP contribution >= 0.6 is 0 Å². The van der Waals surface area contributed by atoms with Crippen molar-refractivity contribution in [1.82, 2.24) is 0 Å². The van der Waals surface area contributed by atoms with Crippen molar-refractivity contribution in [3.63, 3.8) is 0 Å². The van der Waals surface area contributed by atoms with Crippen LogP contribution in [-0.2, 0) is 4.84 Å². The minimum Gasteiger partial charge on any atom is -0.304 e. The minimum absolute atomic E-state index is 0.00935. The molecular formula is C10H14FNO. The average Bonchev–Trinajstić information content (AvgIpc) is 2.10. The van der Waals surface area contributed by atoms with Crippen LogP contribution in [-0.4, -0.2) is 6.61 Å². The van der Waals surface area contributed by atoms with E-state index >= 15 is 0 Å². The highest BCUT2D eigenvalue weighted by molar-refractivity contribution is 5.27. The zero-order valence-electron chi connectivity index (χ0n) is 7.88. The SMILES string of the molecule is Cc1cccc(C(C)CON)c1F. The Morgan fingerprint density at radius 2 is 2.23 bits per heavy atom. The van der Waals surface area contributed by atoms with E-state index in [1.54, 1.807) is 19.1 Å². The summed E-state index contributed by atoms with van der Waals surface area (Å²) < 4.78 is 13.5. The third-order valence-corrected chi connectivity index (χ3v) is 2.10. The number of aryl methyl sites for hydroxylation is 1. The molecule has 0 fully saturated rings. The molecule has 0 heterocycles. The number of benzene rings is 1. The summed E-state index contributed by atoms with van der Waals surface area (Å²) >= 11 is 0. The van der Waals surface area contributed by atoms with E-state index in [-0.39, 0.29) is 11.7 Å². The molecule has 1 aromatic carbocycles. The monoisotopic (exact) mass is 183 g/mol. The third-order valence-electron chi connectivity index (χ3n) is 2.10. The maximum atomic E-state index is 13.5. The van der Waals surface area contributed by atoms with Crippen LogP contribution in [0.1, 0.15) is 24.0 Å². The van der Waals surface area contributed by atoms with Gasteiger partial charge < -0.3 is 4.84 Å². The molecule has 0 aromatic heterocycles. The molecule has 0 spiro atoms. The lowest BCUT2D eigenvalue weighted by Crippen LogP contribution is -2.10. The molecule has 0 bridgehead atoms. The molecule has 0 aliphatic heterocycles. The van der Waals surface area contributed by atoms with Crippen LogP contribution in [0.5, 0.6) is 0 Å². The lowest BCUT2D eigenvalue weighted by molar-refractivity contribution is 0.126. The molecular weight excluding hydrogens is 169 g/mol. The first-order valence-corrected chi connectivity index (χ1v) is 4.23. The Labute approximate surface area is 77.5 Å². The second-order valence-electron chi connectivity index (χ2n) is 3.21. The summed E-state index contributed by atoms with van der Waals surface area (Å²) in [6.45, 7) is 3.96. The minimum atomic E-state index is -0.160. The molecule has 0 aliphatic rings. The van der Waals surface area contributed by atoms with Crippen LogP contribution in [0, 0.1) is 12.7 Å². The fourth-order valence-corrected chi connectivity index (χ4v) is 1.28. The quantitative estimate of drug-likeness (QED) is 0.728. The van der Waals surface area contributed by atoms with Crippen molar-refractivity contribution in [2.75, 3.05) is 6.61 Å². The van der Waals surface area contributed by atoms with E-state index in [1.165, 1.54) is 0 Å². The maximum absolute atomic E-state index is 13.5. The molecule has 13 heavy (non-hydrogen) atoms. The molecule has 0 saturated heterocycles. The Bertz CT molecular complexity index is 288. The fourth-order valence-electron chi connectivity index (χ4n) is 1.28. The van der Waals surface area contributed by atoms with Gasteiger partial charge in [-0.1, -0.05) is 25.1 Å². The van der Waals surface area contributed by atoms with Gasteiger partial charge in [0.2, 0.25) is 0 Å². The normalized spacial score (nSPS) is 12.9. The Kier molecular flexibility index (Phi) is 3.39. The predicted molar refractivity (Wildman–Crippen MR) is 49.7 cm³/mol. The van der Waals surface area contributed by atoms with Crippen LogP contribution in [0.4, 0.5) is 4.39 Å². The summed E-state index contributed by atoms with van der Waals surface area (Å²) in [4.78, 5) is 4.49. The maximum Gasteiger partial charge on any atom is 0.129 e. The molecule has 2 nitrogen and oxygen atoms in total. The molecule has 1 rings (SSSR count). The Balaban J connectivity index is 2.93. The molecule has 1 unspecified atom stereocenters. The van der Waals surface area contributed by atoms with Crippen molar-refractivity contribution in [1.29, 1.82) is 0 Å². The lowest BCUT2D eigenvalue weighted by atomic mass is 9.99. The van der Waals surface area contributed by atoms with Gasteiger partial charge in [0.05, 0.1) is 6.61 Å². The zero-order chi connectivity index (χ0) is 9.84. The van der Waals surface area contributed by atoms with Crippen LogP contribution < -0.4 is 5.90 Å². The van der Waals surface area contributed by atoms with Crippen molar-refractivity contribution >= 4 is 0 Å². The summed E-state index contributed by atoms with van der Waals surface area (Å²) in [7, 11) is 0. The largest absolute Gasteiger partial charge is 0.304 e. The van der Waals surface area contributed by atoms with Gasteiger partial charge in [-0.25, -0.2) is 10.3 Å². The second kappa shape index (κ2) is 4.35. The predicted octanol–water partition coefficient (Wildman–Crippen LogP) is 2.13. The standard InChI is InChI=1S/C10H14FNO/c1-7-4-3-5-9(10(7)11)8(2)6-13-12/h3-5,8H,6,12H2,1-2H3. The first-order chi connectivity index (χ1) is 6.16. The lowest BCUT2D eigenvalue weighted by Gasteiger charge is -2.12. The van der Waals surface area contributed by atoms with Gasteiger partial charge >= 0.3 is 0 Å². The zero-order valence-corrected chi connectivity index (χ0v) is 7.88. The molecule has 0 amide bonds. The van der Waals surface area contributed by atoms with Gasteiger partial charge in [-0.3, -0.25) is 0 Å². The molecule has 2 N–H and O–H groups in total. The van der Waals surface area contributed by atoms with E-state index in [1.807, 2.05) is 13.0 Å². The molecule has 1 aromatic rings. The van der Waals surface area contributed by atoms with E-state index in [0.29, 0.717) is 17.7 Å². The van der Waals surface area contributed by atoms with E-state index in [2.05, 4.69) is 4.84 Å². The molecule has 0 radical (unpaired) electrons. The van der Waals surface area contributed by atoms with Crippen molar-refractivity contribution in [2.45, 2.75) is 19.8 Å².